The lowest BCUT2D eigenvalue weighted by Crippen LogP contribution is -2.20. The van der Waals surface area contributed by atoms with Crippen LogP contribution in [0.25, 0.3) is 0 Å². The zero-order valence-electron chi connectivity index (χ0n) is 7.22. The van der Waals surface area contributed by atoms with Gasteiger partial charge in [-0.2, -0.15) is 0 Å². The van der Waals surface area contributed by atoms with Gasteiger partial charge in [-0.15, -0.1) is 11.3 Å². The first kappa shape index (κ1) is 9.21. The molecule has 0 saturated heterocycles. The van der Waals surface area contributed by atoms with Crippen molar-refractivity contribution in [2.75, 3.05) is 6.54 Å². The quantitative estimate of drug-likeness (QED) is 0.867. The van der Waals surface area contributed by atoms with Crippen LogP contribution in [-0.2, 0) is 6.54 Å². The maximum absolute atomic E-state index is 4.35. The van der Waals surface area contributed by atoms with E-state index >= 15 is 0 Å². The Bertz CT molecular complexity index is 319. The van der Waals surface area contributed by atoms with E-state index in [-0.39, 0.29) is 0 Å². The highest BCUT2D eigenvalue weighted by Crippen LogP contribution is 2.20. The summed E-state index contributed by atoms with van der Waals surface area (Å²) in [6.07, 6.45) is 2.32. The molecule has 13 heavy (non-hydrogen) atoms. The fourth-order valence-electron chi connectivity index (χ4n) is 1.33. The Morgan fingerprint density at radius 3 is 3.15 bits per heavy atom. The van der Waals surface area contributed by atoms with E-state index in [1.54, 1.807) is 11.3 Å². The molecule has 0 spiro atoms. The number of aliphatic imine (C=N–C) groups is 1. The van der Waals surface area contributed by atoms with Gasteiger partial charge in [0.25, 0.3) is 0 Å². The number of nitrogens with zero attached hydrogens (tertiary/aromatic N) is 1. The summed E-state index contributed by atoms with van der Waals surface area (Å²) >= 11 is 5.17. The van der Waals surface area contributed by atoms with Crippen LogP contribution in [0.4, 0.5) is 0 Å². The second-order valence-electron chi connectivity index (χ2n) is 3.04. The van der Waals surface area contributed by atoms with Gasteiger partial charge in [-0.3, -0.25) is 4.99 Å². The molecule has 1 aliphatic heterocycles. The molecular formula is C9H11BrN2S. The van der Waals surface area contributed by atoms with Crippen LogP contribution >= 0.6 is 27.3 Å². The van der Waals surface area contributed by atoms with Crippen molar-refractivity contribution >= 4 is 33.1 Å². The van der Waals surface area contributed by atoms with Crippen molar-refractivity contribution < 1.29 is 0 Å². The second-order valence-corrected chi connectivity index (χ2v) is 5.34. The third kappa shape index (κ3) is 2.54. The molecule has 1 aliphatic rings. The van der Waals surface area contributed by atoms with Crippen molar-refractivity contribution in [2.45, 2.75) is 19.4 Å². The van der Waals surface area contributed by atoms with Crippen LogP contribution in [0.2, 0.25) is 0 Å². The summed E-state index contributed by atoms with van der Waals surface area (Å²) in [5.74, 6) is 1.17. The van der Waals surface area contributed by atoms with Crippen LogP contribution in [0.1, 0.15) is 18.4 Å². The highest BCUT2D eigenvalue weighted by atomic mass is 79.9. The smallest absolute Gasteiger partial charge is 0.0966 e. The van der Waals surface area contributed by atoms with Gasteiger partial charge in [-0.1, -0.05) is 0 Å². The number of nitrogens with one attached hydrogen (secondary N) is 1. The summed E-state index contributed by atoms with van der Waals surface area (Å²) in [6, 6.07) is 2.15. The molecule has 0 unspecified atom stereocenters. The minimum atomic E-state index is 0.904. The molecule has 0 radical (unpaired) electrons. The first-order valence-corrected chi connectivity index (χ1v) is 6.02. The number of rotatable bonds is 2. The topological polar surface area (TPSA) is 24.4 Å². The van der Waals surface area contributed by atoms with Crippen LogP contribution < -0.4 is 5.32 Å². The largest absolute Gasteiger partial charge is 0.370 e. The summed E-state index contributed by atoms with van der Waals surface area (Å²) in [6.45, 7) is 1.90. The molecule has 1 aromatic rings. The maximum Gasteiger partial charge on any atom is 0.0966 e. The minimum Gasteiger partial charge on any atom is -0.370 e. The molecule has 0 atom stereocenters. The van der Waals surface area contributed by atoms with Crippen LogP contribution in [0, 0.1) is 0 Å². The summed E-state index contributed by atoms with van der Waals surface area (Å²) in [7, 11) is 0. The number of amidine groups is 1. The zero-order chi connectivity index (χ0) is 9.10. The number of hydrogen-bond acceptors (Lipinski definition) is 3. The van der Waals surface area contributed by atoms with Gasteiger partial charge in [-0.25, -0.2) is 0 Å². The van der Waals surface area contributed by atoms with E-state index in [9.17, 15) is 0 Å². The normalized spacial score (nSPS) is 15.9. The second kappa shape index (κ2) is 4.24. The minimum absolute atomic E-state index is 0.904. The predicted octanol–water partition coefficient (Wildman–Crippen LogP) is 2.79. The average Bonchev–Trinajstić information content (AvgIpc) is 2.71. The molecule has 0 saturated carbocycles. The van der Waals surface area contributed by atoms with Gasteiger partial charge in [-0.05, 0) is 39.4 Å². The van der Waals surface area contributed by atoms with Crippen molar-refractivity contribution in [1.82, 2.24) is 5.32 Å². The molecule has 2 rings (SSSR count). The number of thiophene rings is 1. The summed E-state index contributed by atoms with van der Waals surface area (Å²) in [5, 5.41) is 5.51. The van der Waals surface area contributed by atoms with Crippen molar-refractivity contribution in [3.63, 3.8) is 0 Å². The number of halogens is 1. The molecule has 1 N–H and O–H groups in total. The van der Waals surface area contributed by atoms with E-state index in [1.807, 2.05) is 0 Å². The van der Waals surface area contributed by atoms with Crippen molar-refractivity contribution in [1.29, 1.82) is 0 Å². The Kier molecular flexibility index (Phi) is 3.01. The molecule has 0 aromatic carbocycles. The summed E-state index contributed by atoms with van der Waals surface area (Å²) in [4.78, 5) is 4.35. The standard InChI is InChI=1S/C9H11BrN2S/c10-8-4-7(6-13-8)5-12-9-2-1-3-11-9/h4,6H,1-3,5H2,(H,11,12). The van der Waals surface area contributed by atoms with E-state index in [2.05, 4.69) is 37.7 Å². The van der Waals surface area contributed by atoms with Gasteiger partial charge < -0.3 is 5.32 Å². The lowest BCUT2D eigenvalue weighted by molar-refractivity contribution is 0.891. The third-order valence-corrected chi connectivity index (χ3v) is 3.55. The molecular weight excluding hydrogens is 248 g/mol. The van der Waals surface area contributed by atoms with Crippen molar-refractivity contribution in [3.8, 4) is 0 Å². The molecule has 0 amide bonds. The average molecular weight is 259 g/mol. The Morgan fingerprint density at radius 2 is 2.54 bits per heavy atom. The molecule has 0 aliphatic carbocycles. The fraction of sp³-hybridized carbons (Fsp3) is 0.444. The van der Waals surface area contributed by atoms with Crippen molar-refractivity contribution in [3.05, 3.63) is 20.8 Å². The van der Waals surface area contributed by atoms with Gasteiger partial charge in [0.05, 0.1) is 9.62 Å². The van der Waals surface area contributed by atoms with E-state index in [0.29, 0.717) is 0 Å². The van der Waals surface area contributed by atoms with Crippen LogP contribution in [0.15, 0.2) is 20.2 Å². The molecule has 1 aromatic heterocycles. The molecule has 2 nitrogen and oxygen atoms in total. The van der Waals surface area contributed by atoms with Crippen LogP contribution in [0.3, 0.4) is 0 Å². The Hall–Kier alpha value is -0.350. The van der Waals surface area contributed by atoms with Crippen molar-refractivity contribution in [2.24, 2.45) is 4.99 Å². The fourth-order valence-corrected chi connectivity index (χ4v) is 2.54. The Balaban J connectivity index is 1.85. The van der Waals surface area contributed by atoms with Crippen LogP contribution in [0.5, 0.6) is 0 Å². The SMILES string of the molecule is Brc1cc(CNC2=NCCC2)cs1. The summed E-state index contributed by atoms with van der Waals surface area (Å²) < 4.78 is 1.19. The number of hydrogen-bond donors (Lipinski definition) is 1. The Morgan fingerprint density at radius 1 is 1.62 bits per heavy atom. The zero-order valence-corrected chi connectivity index (χ0v) is 9.62. The Labute approximate surface area is 90.2 Å². The summed E-state index contributed by atoms with van der Waals surface area (Å²) in [5.41, 5.74) is 1.33. The van der Waals surface area contributed by atoms with Gasteiger partial charge in [0, 0.05) is 19.5 Å². The predicted molar refractivity (Wildman–Crippen MR) is 60.4 cm³/mol. The lowest BCUT2D eigenvalue weighted by Gasteiger charge is -2.02. The van der Waals surface area contributed by atoms with Gasteiger partial charge in [0.2, 0.25) is 0 Å². The van der Waals surface area contributed by atoms with Gasteiger partial charge in [0.15, 0.2) is 0 Å². The molecule has 70 valence electrons. The first-order chi connectivity index (χ1) is 6.34. The lowest BCUT2D eigenvalue weighted by atomic mass is 10.3. The third-order valence-electron chi connectivity index (χ3n) is 1.99. The monoisotopic (exact) mass is 258 g/mol. The van der Waals surface area contributed by atoms with E-state index in [4.69, 9.17) is 0 Å². The van der Waals surface area contributed by atoms with E-state index in [0.717, 1.165) is 19.5 Å². The van der Waals surface area contributed by atoms with E-state index in [1.165, 1.54) is 21.6 Å². The highest BCUT2D eigenvalue weighted by molar-refractivity contribution is 9.11. The van der Waals surface area contributed by atoms with Crippen LogP contribution in [-0.4, -0.2) is 12.4 Å². The molecule has 4 heteroatoms. The highest BCUT2D eigenvalue weighted by Gasteiger charge is 2.05. The van der Waals surface area contributed by atoms with E-state index < -0.39 is 0 Å². The first-order valence-electron chi connectivity index (χ1n) is 4.35. The van der Waals surface area contributed by atoms with Gasteiger partial charge in [0.1, 0.15) is 0 Å². The van der Waals surface area contributed by atoms with Gasteiger partial charge >= 0.3 is 0 Å². The molecule has 2 heterocycles. The molecule has 0 bridgehead atoms. The molecule has 0 fully saturated rings. The maximum atomic E-state index is 4.35.